The molecule has 0 spiro atoms. The molecule has 1 saturated heterocycles. The summed E-state index contributed by atoms with van der Waals surface area (Å²) in [6, 6.07) is 19.6. The fourth-order valence-electron chi connectivity index (χ4n) is 4.87. The van der Waals surface area contributed by atoms with Crippen LogP contribution >= 0.6 is 7.82 Å². The molecule has 1 aliphatic heterocycles. The summed E-state index contributed by atoms with van der Waals surface area (Å²) in [5.74, 6) is -0.503. The van der Waals surface area contributed by atoms with E-state index in [1.54, 1.807) is 20.8 Å². The van der Waals surface area contributed by atoms with Gasteiger partial charge in [0, 0.05) is 0 Å². The van der Waals surface area contributed by atoms with E-state index in [0.29, 0.717) is 19.4 Å². The third kappa shape index (κ3) is 13.8. The molecular weight excluding hydrogens is 687 g/mol. The van der Waals surface area contributed by atoms with Crippen LogP contribution in [-0.2, 0) is 59.5 Å². The number of ether oxygens (including phenoxy) is 4. The Kier molecular flexibility index (Phi) is 17.0. The third-order valence-electron chi connectivity index (χ3n) is 9.09. The van der Waals surface area contributed by atoms with E-state index in [-0.39, 0.29) is 31.5 Å². The van der Waals surface area contributed by atoms with Crippen molar-refractivity contribution in [3.63, 3.8) is 0 Å². The first kappa shape index (κ1) is 43.5. The molecule has 51 heavy (non-hydrogen) atoms. The first-order valence-electron chi connectivity index (χ1n) is 18.4. The maximum atomic E-state index is 14.3. The topological polar surface area (TPSA) is 108 Å². The smallest absolute Gasteiger partial charge is 0.454 e. The number of phosphoric acid groups is 1. The minimum absolute atomic E-state index is 0.0941. The SMILES string of the molecule is CCCCOP(=O)(OCCCC)O[C@@H]1O[C@H](COCc2ccccc2)[C@@H](O[Si](C)(C)C(C)(C)C)[C@H](OCc2ccccc2)[C@H]1OC(=O)C(C)(C)C. The van der Waals surface area contributed by atoms with Gasteiger partial charge < -0.3 is 23.4 Å². The second-order valence-electron chi connectivity index (χ2n) is 15.7. The van der Waals surface area contributed by atoms with Crippen LogP contribution in [0.4, 0.5) is 0 Å². The molecule has 2 aromatic carbocycles. The van der Waals surface area contributed by atoms with E-state index in [9.17, 15) is 9.36 Å². The van der Waals surface area contributed by atoms with E-state index < -0.39 is 58.2 Å². The molecule has 0 unspecified atom stereocenters. The lowest BCUT2D eigenvalue weighted by molar-refractivity contribution is -0.296. The van der Waals surface area contributed by atoms with E-state index in [1.165, 1.54) is 0 Å². The number of hydrogen-bond acceptors (Lipinski definition) is 10. The minimum Gasteiger partial charge on any atom is -0.454 e. The van der Waals surface area contributed by atoms with Crippen molar-refractivity contribution >= 4 is 22.1 Å². The third-order valence-corrected chi connectivity index (χ3v) is 15.0. The lowest BCUT2D eigenvalue weighted by atomic mass is 9.95. The zero-order valence-corrected chi connectivity index (χ0v) is 34.4. The van der Waals surface area contributed by atoms with Gasteiger partial charge in [-0.05, 0) is 62.9 Å². The van der Waals surface area contributed by atoms with E-state index in [2.05, 4.69) is 33.9 Å². The number of phosphoric ester groups is 1. The zero-order valence-electron chi connectivity index (χ0n) is 32.6. The lowest BCUT2D eigenvalue weighted by Gasteiger charge is -2.49. The molecule has 1 heterocycles. The average Bonchev–Trinajstić information content (AvgIpc) is 3.06. The van der Waals surface area contributed by atoms with Gasteiger partial charge in [0.1, 0.15) is 18.3 Å². The molecule has 0 aromatic heterocycles. The second kappa shape index (κ2) is 20.0. The summed E-state index contributed by atoms with van der Waals surface area (Å²) >= 11 is 0. The van der Waals surface area contributed by atoms with Crippen LogP contribution in [0.25, 0.3) is 0 Å². The Morgan fingerprint density at radius 1 is 0.784 bits per heavy atom. The van der Waals surface area contributed by atoms with Gasteiger partial charge in [0.2, 0.25) is 6.29 Å². The van der Waals surface area contributed by atoms with E-state index in [0.717, 1.165) is 24.0 Å². The summed E-state index contributed by atoms with van der Waals surface area (Å²) in [6.45, 7) is 21.0. The second-order valence-corrected chi connectivity index (χ2v) is 22.1. The molecule has 288 valence electrons. The van der Waals surface area contributed by atoms with Crippen LogP contribution in [0.3, 0.4) is 0 Å². The Labute approximate surface area is 307 Å². The molecular formula is C39H63O10PSi. The van der Waals surface area contributed by atoms with E-state index in [1.807, 2.05) is 74.5 Å². The van der Waals surface area contributed by atoms with E-state index >= 15 is 0 Å². The number of unbranched alkanes of at least 4 members (excludes halogenated alkanes) is 2. The molecule has 1 aliphatic rings. The van der Waals surface area contributed by atoms with Crippen LogP contribution in [-0.4, -0.2) is 64.8 Å². The van der Waals surface area contributed by atoms with Crippen molar-refractivity contribution < 1.29 is 46.3 Å². The largest absolute Gasteiger partial charge is 0.477 e. The summed E-state index contributed by atoms with van der Waals surface area (Å²) < 4.78 is 65.3. The van der Waals surface area contributed by atoms with Gasteiger partial charge in [-0.1, -0.05) is 108 Å². The van der Waals surface area contributed by atoms with Crippen LogP contribution in [0.15, 0.2) is 60.7 Å². The molecule has 2 aromatic rings. The van der Waals surface area contributed by atoms with Crippen molar-refractivity contribution in [2.24, 2.45) is 5.41 Å². The van der Waals surface area contributed by atoms with Crippen LogP contribution in [0, 0.1) is 5.41 Å². The highest BCUT2D eigenvalue weighted by atomic mass is 31.2. The number of carbonyl (C=O) groups is 1. The van der Waals surface area contributed by atoms with Crippen LogP contribution in [0.5, 0.6) is 0 Å². The fraction of sp³-hybridized carbons (Fsp3) is 0.667. The number of carbonyl (C=O) groups excluding carboxylic acids is 1. The van der Waals surface area contributed by atoms with Gasteiger partial charge in [-0.2, -0.15) is 0 Å². The van der Waals surface area contributed by atoms with Gasteiger partial charge in [0.05, 0.1) is 38.4 Å². The van der Waals surface area contributed by atoms with Gasteiger partial charge in [0.15, 0.2) is 14.4 Å². The Balaban J connectivity index is 2.13. The summed E-state index contributed by atoms with van der Waals surface area (Å²) in [4.78, 5) is 13.7. The Morgan fingerprint density at radius 2 is 1.31 bits per heavy atom. The van der Waals surface area contributed by atoms with Crippen molar-refractivity contribution in [2.75, 3.05) is 19.8 Å². The van der Waals surface area contributed by atoms with Crippen LogP contribution in [0.2, 0.25) is 18.1 Å². The fourth-order valence-corrected chi connectivity index (χ4v) is 7.52. The quantitative estimate of drug-likeness (QED) is 0.0562. The minimum atomic E-state index is -4.20. The predicted octanol–water partition coefficient (Wildman–Crippen LogP) is 9.62. The average molecular weight is 751 g/mol. The summed E-state index contributed by atoms with van der Waals surface area (Å²) in [6.07, 6.45) is -2.06. The zero-order chi connectivity index (χ0) is 37.7. The number of esters is 1. The molecule has 0 amide bonds. The van der Waals surface area contributed by atoms with Gasteiger partial charge in [-0.15, -0.1) is 0 Å². The number of rotatable bonds is 20. The van der Waals surface area contributed by atoms with Gasteiger partial charge >= 0.3 is 13.8 Å². The Bertz CT molecular complexity index is 1330. The van der Waals surface area contributed by atoms with Gasteiger partial charge in [0.25, 0.3) is 0 Å². The Morgan fingerprint density at radius 3 is 1.80 bits per heavy atom. The highest BCUT2D eigenvalue weighted by molar-refractivity contribution is 7.48. The van der Waals surface area contributed by atoms with Crippen molar-refractivity contribution in [3.8, 4) is 0 Å². The molecule has 5 atom stereocenters. The molecule has 10 nitrogen and oxygen atoms in total. The predicted molar refractivity (Wildman–Crippen MR) is 202 cm³/mol. The monoisotopic (exact) mass is 750 g/mol. The van der Waals surface area contributed by atoms with Crippen molar-refractivity contribution in [3.05, 3.63) is 71.8 Å². The molecule has 0 radical (unpaired) electrons. The van der Waals surface area contributed by atoms with Crippen molar-refractivity contribution in [2.45, 2.75) is 143 Å². The van der Waals surface area contributed by atoms with Gasteiger partial charge in [-0.25, -0.2) is 4.57 Å². The number of benzene rings is 2. The Hall–Kier alpha value is -1.92. The van der Waals surface area contributed by atoms with Crippen molar-refractivity contribution in [1.82, 2.24) is 0 Å². The first-order chi connectivity index (χ1) is 24.0. The molecule has 12 heteroatoms. The molecule has 0 saturated carbocycles. The maximum Gasteiger partial charge on any atom is 0.477 e. The highest BCUT2D eigenvalue weighted by Crippen LogP contribution is 2.53. The highest BCUT2D eigenvalue weighted by Gasteiger charge is 2.55. The van der Waals surface area contributed by atoms with Crippen LogP contribution < -0.4 is 0 Å². The first-order valence-corrected chi connectivity index (χ1v) is 22.8. The normalized spacial score (nSPS) is 21.8. The molecule has 0 bridgehead atoms. The molecule has 0 N–H and O–H groups in total. The lowest BCUT2D eigenvalue weighted by Crippen LogP contribution is -2.65. The standard InChI is InChI=1S/C39H63O10PSi/c1-11-13-25-44-50(41,45-26-14-12-2)48-36-35(47-37(40)38(3,4)5)34(43-28-31-23-19-16-20-24-31)33(49-51(9,10)39(6,7)8)32(46-36)29-42-27-30-21-17-15-18-22-30/h15-24,32-36H,11-14,25-29H2,1-10H3/t32-,33-,34+,35-,36+/m1/s1. The maximum absolute atomic E-state index is 14.3. The summed E-state index contributed by atoms with van der Waals surface area (Å²) in [5.41, 5.74) is 1.04. The summed E-state index contributed by atoms with van der Waals surface area (Å²) in [7, 11) is -6.71. The van der Waals surface area contributed by atoms with E-state index in [4.69, 9.17) is 36.9 Å². The number of hydrogen-bond donors (Lipinski definition) is 0. The van der Waals surface area contributed by atoms with Crippen molar-refractivity contribution in [1.29, 1.82) is 0 Å². The summed E-state index contributed by atoms with van der Waals surface area (Å²) in [5, 5.41) is -0.173. The molecule has 0 aliphatic carbocycles. The molecule has 1 fully saturated rings. The van der Waals surface area contributed by atoms with Crippen LogP contribution in [0.1, 0.15) is 92.2 Å². The van der Waals surface area contributed by atoms with Gasteiger partial charge in [-0.3, -0.25) is 18.4 Å². The molecule has 3 rings (SSSR count).